The van der Waals surface area contributed by atoms with Gasteiger partial charge in [-0.1, -0.05) is 37.8 Å². The van der Waals surface area contributed by atoms with E-state index in [-0.39, 0.29) is 0 Å². The second kappa shape index (κ2) is 4.60. The zero-order valence-electron chi connectivity index (χ0n) is 8.69. The fourth-order valence-corrected chi connectivity index (χ4v) is 3.36. The third-order valence-corrected chi connectivity index (χ3v) is 6.00. The molecule has 0 radical (unpaired) electrons. The summed E-state index contributed by atoms with van der Waals surface area (Å²) in [5, 5.41) is 0. The van der Waals surface area contributed by atoms with Crippen molar-refractivity contribution >= 4 is 24.5 Å². The number of thioether (sulfide) groups is 1. The van der Waals surface area contributed by atoms with Crippen LogP contribution in [-0.4, -0.2) is 17.5 Å². The fourth-order valence-electron chi connectivity index (χ4n) is 0.924. The Morgan fingerprint density at radius 2 is 1.79 bits per heavy atom. The lowest BCUT2D eigenvalue weighted by molar-refractivity contribution is 0.00388. The zero-order chi connectivity index (χ0) is 10.6. The second-order valence-electron chi connectivity index (χ2n) is 4.07. The smallest absolute Gasteiger partial charge is 0.294 e. The van der Waals surface area contributed by atoms with Crippen LogP contribution in [0.15, 0.2) is 35.2 Å². The largest absolute Gasteiger partial charge is 0.361 e. The highest BCUT2D eigenvalue weighted by molar-refractivity contribution is 8.17. The summed E-state index contributed by atoms with van der Waals surface area (Å²) in [6, 6.07) is 10.0. The van der Waals surface area contributed by atoms with Gasteiger partial charge in [-0.25, -0.2) is 0 Å². The average molecular weight is 222 g/mol. The van der Waals surface area contributed by atoms with Crippen LogP contribution in [0.3, 0.4) is 0 Å². The number of nitrogens with zero attached hydrogens (tertiary/aromatic N) is 2. The molecule has 0 fully saturated rings. The molecule has 0 saturated carbocycles. The molecule has 0 N–H and O–H groups in total. The molecule has 0 saturated heterocycles. The maximum atomic E-state index is 8.92. The minimum absolute atomic E-state index is 0.865. The highest BCUT2D eigenvalue weighted by Crippen LogP contribution is 2.23. The van der Waals surface area contributed by atoms with Crippen LogP contribution >= 0.6 is 11.8 Å². The van der Waals surface area contributed by atoms with Crippen molar-refractivity contribution in [2.45, 2.75) is 24.5 Å². The van der Waals surface area contributed by atoms with Crippen molar-refractivity contribution < 1.29 is 4.79 Å². The lowest BCUT2D eigenvalue weighted by Crippen LogP contribution is -2.31. The molecule has 1 aromatic rings. The summed E-state index contributed by atoms with van der Waals surface area (Å²) in [7, 11) is -1.51. The molecule has 0 unspecified atom stereocenters. The maximum absolute atomic E-state index is 8.92. The first kappa shape index (κ1) is 11.2. The van der Waals surface area contributed by atoms with Crippen molar-refractivity contribution in [1.29, 1.82) is 0 Å². The number of rotatable bonds is 2. The van der Waals surface area contributed by atoms with Crippen LogP contribution in [0.2, 0.25) is 19.6 Å². The minimum Gasteiger partial charge on any atom is -0.361 e. The Bertz CT molecular complexity index is 350. The first-order valence-electron chi connectivity index (χ1n) is 4.49. The Morgan fingerprint density at radius 1 is 1.21 bits per heavy atom. The van der Waals surface area contributed by atoms with Gasteiger partial charge in [-0.3, -0.25) is 0 Å². The van der Waals surface area contributed by atoms with Crippen molar-refractivity contribution in [1.82, 2.24) is 0 Å². The van der Waals surface area contributed by atoms with Crippen LogP contribution < -0.4 is 0 Å². The van der Waals surface area contributed by atoms with E-state index in [4.69, 9.17) is 5.53 Å². The van der Waals surface area contributed by atoms with Gasteiger partial charge in [0.1, 0.15) is 0 Å². The minimum atomic E-state index is -1.51. The van der Waals surface area contributed by atoms with E-state index in [1.165, 1.54) is 0 Å². The molecule has 0 atom stereocenters. The highest BCUT2D eigenvalue weighted by Gasteiger charge is 2.30. The molecule has 14 heavy (non-hydrogen) atoms. The molecule has 0 aromatic heterocycles. The Kier molecular flexibility index (Phi) is 3.69. The van der Waals surface area contributed by atoms with Crippen LogP contribution in [-0.2, 0) is 0 Å². The van der Waals surface area contributed by atoms with Crippen molar-refractivity contribution in [3.63, 3.8) is 0 Å². The van der Waals surface area contributed by atoms with Gasteiger partial charge in [0.05, 0.1) is 0 Å². The van der Waals surface area contributed by atoms with Gasteiger partial charge in [0, 0.05) is 4.90 Å². The molecule has 1 aromatic carbocycles. The number of hydrogen-bond donors (Lipinski definition) is 0. The molecule has 74 valence electrons. The van der Waals surface area contributed by atoms with Gasteiger partial charge in [0.15, 0.2) is 8.07 Å². The topological polar surface area (TPSA) is 36.4 Å². The van der Waals surface area contributed by atoms with Crippen molar-refractivity contribution in [3.8, 4) is 0 Å². The van der Waals surface area contributed by atoms with Crippen LogP contribution in [0.1, 0.15) is 0 Å². The van der Waals surface area contributed by atoms with Gasteiger partial charge >= 0.3 is 0 Å². The van der Waals surface area contributed by atoms with Gasteiger partial charge in [-0.05, 0) is 23.9 Å². The van der Waals surface area contributed by atoms with Gasteiger partial charge < -0.3 is 5.53 Å². The summed E-state index contributed by atoms with van der Waals surface area (Å²) in [5.74, 6) is 0. The van der Waals surface area contributed by atoms with E-state index in [0.29, 0.717) is 0 Å². The summed E-state index contributed by atoms with van der Waals surface area (Å²) in [6.07, 6.45) is 0. The van der Waals surface area contributed by atoms with E-state index in [9.17, 15) is 0 Å². The molecular formula is C10H14N2SSi. The quantitative estimate of drug-likeness (QED) is 0.189. The fraction of sp³-hybridized carbons (Fsp3) is 0.300. The summed E-state index contributed by atoms with van der Waals surface area (Å²) in [6.45, 7) is 6.49. The summed E-state index contributed by atoms with van der Waals surface area (Å²) in [4.78, 5) is 4.52. The molecule has 0 heterocycles. The Hall–Kier alpha value is -0.833. The SMILES string of the molecule is C[Si](C)(C)C(=[N+]=[N-])Sc1ccccc1. The Morgan fingerprint density at radius 3 is 2.21 bits per heavy atom. The normalized spacial score (nSPS) is 10.8. The molecule has 0 aliphatic carbocycles. The van der Waals surface area contributed by atoms with Gasteiger partial charge in [-0.2, -0.15) is 4.79 Å². The van der Waals surface area contributed by atoms with Crippen molar-refractivity contribution in [3.05, 3.63) is 35.9 Å². The summed E-state index contributed by atoms with van der Waals surface area (Å²) < 4.78 is 0.865. The molecule has 0 aliphatic heterocycles. The predicted octanol–water partition coefficient (Wildman–Crippen LogP) is 3.28. The van der Waals surface area contributed by atoms with E-state index >= 15 is 0 Å². The summed E-state index contributed by atoms with van der Waals surface area (Å²) >= 11 is 1.56. The molecule has 0 spiro atoms. The van der Waals surface area contributed by atoms with Crippen LogP contribution in [0, 0.1) is 0 Å². The maximum Gasteiger partial charge on any atom is 0.294 e. The van der Waals surface area contributed by atoms with Gasteiger partial charge in [0.25, 0.3) is 4.67 Å². The lowest BCUT2D eigenvalue weighted by Gasteiger charge is -2.08. The average Bonchev–Trinajstić information content (AvgIpc) is 2.14. The standard InChI is InChI=1S/C10H14N2SSi/c1-14(2,3)10(12-11)13-9-7-5-4-6-8-9/h4-8H,1-3H3. The third-order valence-electron chi connectivity index (χ3n) is 1.69. The molecule has 0 aliphatic rings. The van der Waals surface area contributed by atoms with Gasteiger partial charge in [-0.15, -0.1) is 0 Å². The molecule has 4 heteroatoms. The Labute approximate surface area is 90.0 Å². The van der Waals surface area contributed by atoms with Crippen molar-refractivity contribution in [2.75, 3.05) is 0 Å². The second-order valence-corrected chi connectivity index (χ2v) is 10.5. The van der Waals surface area contributed by atoms with Crippen LogP contribution in [0.4, 0.5) is 0 Å². The monoisotopic (exact) mass is 222 g/mol. The van der Waals surface area contributed by atoms with Gasteiger partial charge in [0.2, 0.25) is 0 Å². The molecule has 2 nitrogen and oxygen atoms in total. The van der Waals surface area contributed by atoms with Crippen molar-refractivity contribution in [2.24, 2.45) is 0 Å². The van der Waals surface area contributed by atoms with E-state index < -0.39 is 8.07 Å². The molecule has 1 rings (SSSR count). The van der Waals surface area contributed by atoms with E-state index in [1.54, 1.807) is 11.8 Å². The first-order chi connectivity index (χ1) is 6.54. The molecular weight excluding hydrogens is 208 g/mol. The van der Waals surface area contributed by atoms with Crippen LogP contribution in [0.5, 0.6) is 0 Å². The first-order valence-corrected chi connectivity index (χ1v) is 8.81. The lowest BCUT2D eigenvalue weighted by atomic mass is 10.4. The Balaban J connectivity index is 2.84. The van der Waals surface area contributed by atoms with E-state index in [0.717, 1.165) is 9.56 Å². The molecule has 0 amide bonds. The van der Waals surface area contributed by atoms with E-state index in [2.05, 4.69) is 24.4 Å². The highest BCUT2D eigenvalue weighted by atomic mass is 32.2. The van der Waals surface area contributed by atoms with E-state index in [1.807, 2.05) is 30.3 Å². The third kappa shape index (κ3) is 3.14. The predicted molar refractivity (Wildman–Crippen MR) is 64.3 cm³/mol. The summed E-state index contributed by atoms with van der Waals surface area (Å²) in [5.41, 5.74) is 8.92. The molecule has 0 bridgehead atoms. The number of benzene rings is 1. The number of hydrogen-bond acceptors (Lipinski definition) is 1. The van der Waals surface area contributed by atoms with Crippen LogP contribution in [0.25, 0.3) is 5.53 Å². The zero-order valence-corrected chi connectivity index (χ0v) is 10.5.